The number of aromatic nitrogens is 3. The number of aromatic amines is 1. The van der Waals surface area contributed by atoms with Crippen LogP contribution in [0.3, 0.4) is 0 Å². The normalized spacial score (nSPS) is 13.2. The number of para-hydroxylation sites is 1. The molecule has 0 aliphatic carbocycles. The van der Waals surface area contributed by atoms with Gasteiger partial charge in [0, 0.05) is 22.7 Å². The van der Waals surface area contributed by atoms with Crippen LogP contribution in [-0.4, -0.2) is 39.0 Å². The molecule has 0 saturated carbocycles. The van der Waals surface area contributed by atoms with E-state index >= 15 is 0 Å². The maximum atomic E-state index is 12.9. The van der Waals surface area contributed by atoms with Crippen LogP contribution in [0.4, 0.5) is 13.2 Å². The molecule has 10 heteroatoms. The number of aliphatic hydroxyl groups excluding tert-OH is 1. The second-order valence-electron chi connectivity index (χ2n) is 6.68. The fourth-order valence-corrected chi connectivity index (χ4v) is 2.94. The first-order chi connectivity index (χ1) is 14.8. The Morgan fingerprint density at radius 3 is 2.74 bits per heavy atom. The zero-order valence-corrected chi connectivity index (χ0v) is 15.8. The summed E-state index contributed by atoms with van der Waals surface area (Å²) in [6.07, 6.45) is -3.34. The minimum atomic E-state index is -4.51. The molecule has 0 aliphatic heterocycles. The van der Waals surface area contributed by atoms with Crippen LogP contribution in [0, 0.1) is 0 Å². The molecule has 2 aromatic carbocycles. The van der Waals surface area contributed by atoms with Crippen molar-refractivity contribution in [2.24, 2.45) is 4.99 Å². The van der Waals surface area contributed by atoms with Gasteiger partial charge in [0.05, 0.1) is 18.1 Å². The third-order valence-corrected chi connectivity index (χ3v) is 4.54. The molecule has 0 bridgehead atoms. The lowest BCUT2D eigenvalue weighted by molar-refractivity contribution is -0.137. The summed E-state index contributed by atoms with van der Waals surface area (Å²) in [4.78, 5) is 23.2. The number of amides is 1. The minimum Gasteiger partial charge on any atom is -0.395 e. The Bertz CT molecular complexity index is 1230. The number of carbonyl (C=O) groups is 1. The highest BCUT2D eigenvalue weighted by Gasteiger charge is 2.31. The summed E-state index contributed by atoms with van der Waals surface area (Å²) in [7, 11) is 0. The van der Waals surface area contributed by atoms with E-state index in [9.17, 15) is 23.1 Å². The molecule has 0 spiro atoms. The number of hydrogen-bond donors (Lipinski definition) is 2. The van der Waals surface area contributed by atoms with E-state index in [1.54, 1.807) is 6.07 Å². The molecule has 0 fully saturated rings. The van der Waals surface area contributed by atoms with Gasteiger partial charge in [-0.25, -0.2) is 4.99 Å². The molecule has 1 atom stereocenters. The van der Waals surface area contributed by atoms with Crippen LogP contribution in [0.25, 0.3) is 22.3 Å². The number of alkyl halides is 3. The van der Waals surface area contributed by atoms with Crippen molar-refractivity contribution in [1.29, 1.82) is 0 Å². The maximum Gasteiger partial charge on any atom is 0.416 e. The Kier molecular flexibility index (Phi) is 5.38. The molecule has 1 amide bonds. The highest BCUT2D eigenvalue weighted by molar-refractivity contribution is 6.01. The van der Waals surface area contributed by atoms with Gasteiger partial charge in [0.15, 0.2) is 0 Å². The van der Waals surface area contributed by atoms with E-state index in [0.29, 0.717) is 0 Å². The lowest BCUT2D eigenvalue weighted by atomic mass is 10.1. The van der Waals surface area contributed by atoms with Crippen molar-refractivity contribution in [2.45, 2.75) is 12.1 Å². The number of nitrogens with one attached hydrogen (secondary N) is 1. The first kappa shape index (κ1) is 20.5. The number of nitrogens with zero attached hydrogens (tertiary/aromatic N) is 3. The molecule has 2 N–H and O–H groups in total. The van der Waals surface area contributed by atoms with Crippen molar-refractivity contribution >= 4 is 23.0 Å². The predicted octanol–water partition coefficient (Wildman–Crippen LogP) is 4.22. The van der Waals surface area contributed by atoms with E-state index in [0.717, 1.165) is 29.3 Å². The molecule has 4 rings (SSSR count). The standard InChI is InChI=1S/C21H15F3N4O3/c22-21(23,24)15-6-3-5-13(8-15)18-27-20(31-28-18)14(11-29)10-25-19(30)17-9-12-4-1-2-7-16(12)26-17/h1-10,14,26,29H,11H2. The summed E-state index contributed by atoms with van der Waals surface area (Å²) in [5.74, 6) is -1.62. The number of hydrogen-bond acceptors (Lipinski definition) is 5. The predicted molar refractivity (Wildman–Crippen MR) is 106 cm³/mol. The molecule has 31 heavy (non-hydrogen) atoms. The number of fused-ring (bicyclic) bond motifs is 1. The molecule has 158 valence electrons. The van der Waals surface area contributed by atoms with Gasteiger partial charge in [0.25, 0.3) is 5.91 Å². The Hall–Kier alpha value is -3.79. The third kappa shape index (κ3) is 4.38. The van der Waals surface area contributed by atoms with Gasteiger partial charge in [-0.1, -0.05) is 35.5 Å². The summed E-state index contributed by atoms with van der Waals surface area (Å²) >= 11 is 0. The fraction of sp³-hybridized carbons (Fsp3) is 0.143. The molecule has 0 saturated heterocycles. The first-order valence-corrected chi connectivity index (χ1v) is 9.13. The number of halogens is 3. The van der Waals surface area contributed by atoms with Crippen molar-refractivity contribution in [2.75, 3.05) is 6.61 Å². The van der Waals surface area contributed by atoms with E-state index in [1.807, 2.05) is 24.3 Å². The first-order valence-electron chi connectivity index (χ1n) is 9.13. The average molecular weight is 428 g/mol. The van der Waals surface area contributed by atoms with Gasteiger partial charge in [-0.3, -0.25) is 4.79 Å². The smallest absolute Gasteiger partial charge is 0.395 e. The molecule has 1 unspecified atom stereocenters. The lowest BCUT2D eigenvalue weighted by Crippen LogP contribution is -2.08. The van der Waals surface area contributed by atoms with Crippen molar-refractivity contribution in [3.8, 4) is 11.4 Å². The molecule has 0 radical (unpaired) electrons. The number of aliphatic imine (C=N–C) groups is 1. The van der Waals surface area contributed by atoms with Gasteiger partial charge >= 0.3 is 6.18 Å². The Morgan fingerprint density at radius 2 is 2.00 bits per heavy atom. The molecular weight excluding hydrogens is 413 g/mol. The van der Waals surface area contributed by atoms with Gasteiger partial charge in [-0.15, -0.1) is 0 Å². The highest BCUT2D eigenvalue weighted by Crippen LogP contribution is 2.31. The monoisotopic (exact) mass is 428 g/mol. The average Bonchev–Trinajstić information content (AvgIpc) is 3.41. The summed E-state index contributed by atoms with van der Waals surface area (Å²) in [6.45, 7) is -0.492. The number of rotatable bonds is 5. The van der Waals surface area contributed by atoms with E-state index in [1.165, 1.54) is 12.1 Å². The van der Waals surface area contributed by atoms with Gasteiger partial charge in [0.2, 0.25) is 11.7 Å². The SMILES string of the molecule is O=C(N=CC(CO)c1nc(-c2cccc(C(F)(F)F)c2)no1)c1cc2ccccc2[nH]1. The minimum absolute atomic E-state index is 0.0742. The Morgan fingerprint density at radius 1 is 1.19 bits per heavy atom. The van der Waals surface area contributed by atoms with E-state index < -0.39 is 30.2 Å². The van der Waals surface area contributed by atoms with Crippen LogP contribution in [0.5, 0.6) is 0 Å². The topological polar surface area (TPSA) is 104 Å². The van der Waals surface area contributed by atoms with Crippen LogP contribution < -0.4 is 0 Å². The van der Waals surface area contributed by atoms with E-state index in [-0.39, 0.29) is 23.0 Å². The van der Waals surface area contributed by atoms with Crippen LogP contribution in [0.15, 0.2) is 64.1 Å². The lowest BCUT2D eigenvalue weighted by Gasteiger charge is -2.06. The number of carbonyl (C=O) groups excluding carboxylic acids is 1. The molecule has 2 heterocycles. The third-order valence-electron chi connectivity index (χ3n) is 4.54. The highest BCUT2D eigenvalue weighted by atomic mass is 19.4. The van der Waals surface area contributed by atoms with Gasteiger partial charge < -0.3 is 14.6 Å². The zero-order valence-electron chi connectivity index (χ0n) is 15.8. The number of benzene rings is 2. The van der Waals surface area contributed by atoms with Gasteiger partial charge in [0.1, 0.15) is 5.69 Å². The van der Waals surface area contributed by atoms with Crippen molar-refractivity contribution in [3.63, 3.8) is 0 Å². The molecular formula is C21H15F3N4O3. The number of aliphatic hydroxyl groups is 1. The van der Waals surface area contributed by atoms with Crippen molar-refractivity contribution in [1.82, 2.24) is 15.1 Å². The van der Waals surface area contributed by atoms with Crippen LogP contribution >= 0.6 is 0 Å². The fourth-order valence-electron chi connectivity index (χ4n) is 2.94. The molecule has 2 aromatic heterocycles. The van der Waals surface area contributed by atoms with Crippen LogP contribution in [-0.2, 0) is 6.18 Å². The molecule has 4 aromatic rings. The van der Waals surface area contributed by atoms with Gasteiger partial charge in [-0.2, -0.15) is 18.2 Å². The Labute approximate surface area is 173 Å². The largest absolute Gasteiger partial charge is 0.416 e. The molecule has 7 nitrogen and oxygen atoms in total. The summed E-state index contributed by atoms with van der Waals surface area (Å²) in [6, 6.07) is 13.5. The summed E-state index contributed by atoms with van der Waals surface area (Å²) in [5.41, 5.74) is 0.305. The summed E-state index contributed by atoms with van der Waals surface area (Å²) in [5, 5.41) is 14.1. The second kappa shape index (κ2) is 8.15. The van der Waals surface area contributed by atoms with E-state index in [4.69, 9.17) is 4.52 Å². The quantitative estimate of drug-likeness (QED) is 0.463. The van der Waals surface area contributed by atoms with Crippen molar-refractivity contribution < 1.29 is 27.6 Å². The van der Waals surface area contributed by atoms with Crippen LogP contribution in [0.2, 0.25) is 0 Å². The summed E-state index contributed by atoms with van der Waals surface area (Å²) < 4.78 is 43.8. The van der Waals surface area contributed by atoms with Gasteiger partial charge in [-0.05, 0) is 24.3 Å². The van der Waals surface area contributed by atoms with Crippen molar-refractivity contribution in [3.05, 3.63) is 71.7 Å². The number of H-pyrrole nitrogens is 1. The zero-order chi connectivity index (χ0) is 22.0. The van der Waals surface area contributed by atoms with E-state index in [2.05, 4.69) is 20.1 Å². The Balaban J connectivity index is 1.53. The molecule has 0 aliphatic rings. The maximum absolute atomic E-state index is 12.9. The van der Waals surface area contributed by atoms with Crippen LogP contribution in [0.1, 0.15) is 27.9 Å². The second-order valence-corrected chi connectivity index (χ2v) is 6.68.